The molecule has 3 N–H and O–H groups in total. The van der Waals surface area contributed by atoms with E-state index < -0.39 is 5.91 Å². The standard InChI is InChI=1S/C10H18N2O4/c11-9(13)5-12-6-10(14)16-7-8-1-3-15-4-2-8/h8,12H,1-7H2,(H2,11,13). The Morgan fingerprint density at radius 2 is 2.00 bits per heavy atom. The number of nitrogens with two attached hydrogens (primary N) is 1. The Labute approximate surface area is 94.5 Å². The zero-order valence-corrected chi connectivity index (χ0v) is 9.24. The summed E-state index contributed by atoms with van der Waals surface area (Å²) < 4.78 is 10.2. The Morgan fingerprint density at radius 1 is 1.31 bits per heavy atom. The summed E-state index contributed by atoms with van der Waals surface area (Å²) in [6, 6.07) is 0. The van der Waals surface area contributed by atoms with Gasteiger partial charge in [0.15, 0.2) is 0 Å². The first-order chi connectivity index (χ1) is 7.68. The molecule has 1 amide bonds. The highest BCUT2D eigenvalue weighted by atomic mass is 16.5. The Bertz CT molecular complexity index is 239. The van der Waals surface area contributed by atoms with E-state index in [9.17, 15) is 9.59 Å². The predicted molar refractivity (Wildman–Crippen MR) is 56.6 cm³/mol. The predicted octanol–water partition coefficient (Wildman–Crippen LogP) is -0.969. The Kier molecular flexibility index (Phi) is 5.81. The number of primary amides is 1. The molecule has 16 heavy (non-hydrogen) atoms. The van der Waals surface area contributed by atoms with Crippen molar-refractivity contribution < 1.29 is 19.1 Å². The molecule has 6 heteroatoms. The highest BCUT2D eigenvalue weighted by Crippen LogP contribution is 2.14. The molecule has 0 atom stereocenters. The normalized spacial score (nSPS) is 17.0. The van der Waals surface area contributed by atoms with E-state index in [1.54, 1.807) is 0 Å². The highest BCUT2D eigenvalue weighted by Gasteiger charge is 2.15. The fourth-order valence-corrected chi connectivity index (χ4v) is 1.46. The van der Waals surface area contributed by atoms with Crippen LogP contribution >= 0.6 is 0 Å². The molecular formula is C10H18N2O4. The van der Waals surface area contributed by atoms with Gasteiger partial charge in [0.1, 0.15) is 0 Å². The maximum Gasteiger partial charge on any atom is 0.319 e. The third-order valence-electron chi connectivity index (χ3n) is 2.39. The van der Waals surface area contributed by atoms with Gasteiger partial charge in [0.25, 0.3) is 0 Å². The van der Waals surface area contributed by atoms with Crippen LogP contribution in [0.4, 0.5) is 0 Å². The molecule has 0 aromatic heterocycles. The van der Waals surface area contributed by atoms with E-state index in [-0.39, 0.29) is 19.1 Å². The molecule has 0 aromatic rings. The van der Waals surface area contributed by atoms with Crippen LogP contribution < -0.4 is 11.1 Å². The second-order valence-electron chi connectivity index (χ2n) is 3.81. The van der Waals surface area contributed by atoms with Crippen LogP contribution in [0.1, 0.15) is 12.8 Å². The van der Waals surface area contributed by atoms with Gasteiger partial charge in [0.05, 0.1) is 19.7 Å². The van der Waals surface area contributed by atoms with E-state index in [4.69, 9.17) is 15.2 Å². The molecule has 1 aliphatic rings. The zero-order valence-electron chi connectivity index (χ0n) is 9.24. The Morgan fingerprint density at radius 3 is 2.62 bits per heavy atom. The van der Waals surface area contributed by atoms with Crippen molar-refractivity contribution in [1.29, 1.82) is 0 Å². The van der Waals surface area contributed by atoms with Crippen molar-refractivity contribution in [3.8, 4) is 0 Å². The van der Waals surface area contributed by atoms with Crippen LogP contribution in [0, 0.1) is 5.92 Å². The molecule has 0 unspecified atom stereocenters. The monoisotopic (exact) mass is 230 g/mol. The maximum absolute atomic E-state index is 11.2. The largest absolute Gasteiger partial charge is 0.464 e. The van der Waals surface area contributed by atoms with Gasteiger partial charge in [-0.2, -0.15) is 0 Å². The summed E-state index contributed by atoms with van der Waals surface area (Å²) in [4.78, 5) is 21.6. The minimum Gasteiger partial charge on any atom is -0.464 e. The van der Waals surface area contributed by atoms with E-state index >= 15 is 0 Å². The van der Waals surface area contributed by atoms with Gasteiger partial charge in [-0.15, -0.1) is 0 Å². The van der Waals surface area contributed by atoms with Crippen molar-refractivity contribution in [2.75, 3.05) is 32.9 Å². The number of amides is 1. The van der Waals surface area contributed by atoms with Gasteiger partial charge in [-0.05, 0) is 18.8 Å². The number of carbonyl (C=O) groups is 2. The molecule has 92 valence electrons. The zero-order chi connectivity index (χ0) is 11.8. The molecule has 1 rings (SSSR count). The number of hydrogen-bond acceptors (Lipinski definition) is 5. The number of carbonyl (C=O) groups excluding carboxylic acids is 2. The molecule has 1 heterocycles. The van der Waals surface area contributed by atoms with Crippen molar-refractivity contribution in [3.05, 3.63) is 0 Å². The van der Waals surface area contributed by atoms with Crippen LogP contribution in [-0.2, 0) is 19.1 Å². The van der Waals surface area contributed by atoms with Gasteiger partial charge < -0.3 is 15.2 Å². The van der Waals surface area contributed by atoms with Gasteiger partial charge in [-0.1, -0.05) is 0 Å². The molecule has 0 aliphatic carbocycles. The van der Waals surface area contributed by atoms with Gasteiger partial charge in [-0.25, -0.2) is 0 Å². The first kappa shape index (κ1) is 12.9. The lowest BCUT2D eigenvalue weighted by molar-refractivity contribution is -0.144. The van der Waals surface area contributed by atoms with Crippen LogP contribution in [0.5, 0.6) is 0 Å². The molecule has 1 saturated heterocycles. The number of rotatable bonds is 6. The second-order valence-corrected chi connectivity index (χ2v) is 3.81. The molecule has 0 saturated carbocycles. The van der Waals surface area contributed by atoms with Crippen molar-refractivity contribution in [2.24, 2.45) is 11.7 Å². The van der Waals surface area contributed by atoms with Crippen LogP contribution in [0.25, 0.3) is 0 Å². The smallest absolute Gasteiger partial charge is 0.319 e. The highest BCUT2D eigenvalue weighted by molar-refractivity contribution is 5.77. The van der Waals surface area contributed by atoms with Gasteiger partial charge >= 0.3 is 5.97 Å². The Balaban J connectivity index is 2.02. The second kappa shape index (κ2) is 7.19. The number of nitrogens with one attached hydrogen (secondary N) is 1. The number of ether oxygens (including phenoxy) is 2. The molecule has 0 bridgehead atoms. The summed E-state index contributed by atoms with van der Waals surface area (Å²) >= 11 is 0. The molecule has 0 spiro atoms. The molecule has 0 radical (unpaired) electrons. The summed E-state index contributed by atoms with van der Waals surface area (Å²) in [5.41, 5.74) is 4.90. The van der Waals surface area contributed by atoms with Crippen molar-refractivity contribution >= 4 is 11.9 Å². The van der Waals surface area contributed by atoms with Crippen LogP contribution in [0.15, 0.2) is 0 Å². The third kappa shape index (κ3) is 5.67. The first-order valence-corrected chi connectivity index (χ1v) is 5.41. The molecule has 0 aromatic carbocycles. The van der Waals surface area contributed by atoms with E-state index in [1.165, 1.54) is 0 Å². The van der Waals surface area contributed by atoms with E-state index in [0.29, 0.717) is 12.5 Å². The molecular weight excluding hydrogens is 212 g/mol. The van der Waals surface area contributed by atoms with Crippen LogP contribution in [0.3, 0.4) is 0 Å². The van der Waals surface area contributed by atoms with Crippen molar-refractivity contribution in [3.63, 3.8) is 0 Å². The fourth-order valence-electron chi connectivity index (χ4n) is 1.46. The minimum absolute atomic E-state index is 0.00757. The van der Waals surface area contributed by atoms with Gasteiger partial charge in [-0.3, -0.25) is 14.9 Å². The van der Waals surface area contributed by atoms with Crippen LogP contribution in [0.2, 0.25) is 0 Å². The summed E-state index contributed by atoms with van der Waals surface area (Å²) in [5.74, 6) is -0.446. The summed E-state index contributed by atoms with van der Waals surface area (Å²) in [5, 5.41) is 2.60. The average molecular weight is 230 g/mol. The summed E-state index contributed by atoms with van der Waals surface area (Å²) in [7, 11) is 0. The summed E-state index contributed by atoms with van der Waals surface area (Å²) in [6.45, 7) is 1.92. The fraction of sp³-hybridized carbons (Fsp3) is 0.800. The molecule has 1 fully saturated rings. The van der Waals surface area contributed by atoms with Crippen LogP contribution in [-0.4, -0.2) is 44.8 Å². The van der Waals surface area contributed by atoms with E-state index in [1.807, 2.05) is 0 Å². The number of hydrogen-bond donors (Lipinski definition) is 2. The third-order valence-corrected chi connectivity index (χ3v) is 2.39. The van der Waals surface area contributed by atoms with Crippen molar-refractivity contribution in [1.82, 2.24) is 5.32 Å². The maximum atomic E-state index is 11.2. The lowest BCUT2D eigenvalue weighted by Crippen LogP contribution is -2.34. The lowest BCUT2D eigenvalue weighted by atomic mass is 10.0. The topological polar surface area (TPSA) is 90.7 Å². The van der Waals surface area contributed by atoms with Gasteiger partial charge in [0.2, 0.25) is 5.91 Å². The van der Waals surface area contributed by atoms with E-state index in [0.717, 1.165) is 26.1 Å². The number of esters is 1. The SMILES string of the molecule is NC(=O)CNCC(=O)OCC1CCOCC1. The van der Waals surface area contributed by atoms with Crippen molar-refractivity contribution in [2.45, 2.75) is 12.8 Å². The first-order valence-electron chi connectivity index (χ1n) is 5.41. The lowest BCUT2D eigenvalue weighted by Gasteiger charge is -2.21. The molecule has 1 aliphatic heterocycles. The molecule has 6 nitrogen and oxygen atoms in total. The van der Waals surface area contributed by atoms with Gasteiger partial charge in [0, 0.05) is 13.2 Å². The summed E-state index contributed by atoms with van der Waals surface area (Å²) in [6.07, 6.45) is 1.87. The van der Waals surface area contributed by atoms with E-state index in [2.05, 4.69) is 5.32 Å². The quantitative estimate of drug-likeness (QED) is 0.573. The Hall–Kier alpha value is -1.14. The average Bonchev–Trinajstić information content (AvgIpc) is 2.27. The minimum atomic E-state index is -0.489.